The van der Waals surface area contributed by atoms with Gasteiger partial charge in [-0.3, -0.25) is 4.90 Å². The number of hydrogen-bond donors (Lipinski definition) is 0. The van der Waals surface area contributed by atoms with Gasteiger partial charge >= 0.3 is 6.09 Å². The molecule has 0 spiro atoms. The highest BCUT2D eigenvalue weighted by Crippen LogP contribution is 2.37. The first-order valence-corrected chi connectivity index (χ1v) is 9.43. The normalized spacial score (nSPS) is 17.0. The highest BCUT2D eigenvalue weighted by Gasteiger charge is 2.27. The number of nitrogens with zero attached hydrogens (tertiary/aromatic N) is 2. The maximum atomic E-state index is 11.9. The van der Waals surface area contributed by atoms with Gasteiger partial charge in [-0.1, -0.05) is 19.9 Å². The van der Waals surface area contributed by atoms with Crippen LogP contribution in [0.4, 0.5) is 4.79 Å². The van der Waals surface area contributed by atoms with Gasteiger partial charge in [-0.15, -0.1) is 11.8 Å². The number of rotatable bonds is 6. The van der Waals surface area contributed by atoms with Crippen molar-refractivity contribution in [3.05, 3.63) is 23.8 Å². The highest BCUT2D eigenvalue weighted by atomic mass is 32.2. The summed E-state index contributed by atoms with van der Waals surface area (Å²) < 4.78 is 5.58. The van der Waals surface area contributed by atoms with E-state index >= 15 is 0 Å². The molecule has 0 N–H and O–H groups in total. The van der Waals surface area contributed by atoms with Crippen LogP contribution in [0.1, 0.15) is 32.3 Å². The maximum Gasteiger partial charge on any atom is 0.414 e. The summed E-state index contributed by atoms with van der Waals surface area (Å²) >= 11 is 1.88. The Morgan fingerprint density at radius 1 is 1.26 bits per heavy atom. The van der Waals surface area contributed by atoms with Gasteiger partial charge in [-0.2, -0.15) is 0 Å². The summed E-state index contributed by atoms with van der Waals surface area (Å²) in [6.45, 7) is 6.73. The molecule has 1 unspecified atom stereocenters. The lowest BCUT2D eigenvalue weighted by Crippen LogP contribution is -2.41. The summed E-state index contributed by atoms with van der Waals surface area (Å²) in [4.78, 5) is 17.2. The molecular formula is C18H28N2O2S. The molecule has 1 heterocycles. The number of amides is 1. The third kappa shape index (κ3) is 4.64. The number of fused-ring (bicyclic) bond motifs is 1. The quantitative estimate of drug-likeness (QED) is 0.789. The fraction of sp³-hybridized carbons (Fsp3) is 0.611. The fourth-order valence-electron chi connectivity index (χ4n) is 2.93. The first-order valence-electron chi connectivity index (χ1n) is 8.44. The molecule has 1 aromatic carbocycles. The number of carbonyl (C=O) groups is 1. The lowest BCUT2D eigenvalue weighted by molar-refractivity contribution is 0.170. The molecule has 2 rings (SSSR count). The summed E-state index contributed by atoms with van der Waals surface area (Å²) in [6, 6.07) is 6.53. The third-order valence-electron chi connectivity index (χ3n) is 4.06. The van der Waals surface area contributed by atoms with Crippen molar-refractivity contribution >= 4 is 17.9 Å². The zero-order valence-corrected chi connectivity index (χ0v) is 15.5. The van der Waals surface area contributed by atoms with Crippen LogP contribution in [0.5, 0.6) is 5.75 Å². The van der Waals surface area contributed by atoms with E-state index in [1.165, 1.54) is 28.2 Å². The van der Waals surface area contributed by atoms with Crippen LogP contribution in [-0.4, -0.2) is 54.9 Å². The van der Waals surface area contributed by atoms with E-state index in [0.29, 0.717) is 11.8 Å². The number of benzene rings is 1. The number of carbonyl (C=O) groups excluding carboxylic acids is 1. The number of thioether (sulfide) groups is 1. The van der Waals surface area contributed by atoms with Crippen molar-refractivity contribution in [2.45, 2.75) is 44.0 Å². The van der Waals surface area contributed by atoms with Gasteiger partial charge in [0.2, 0.25) is 0 Å². The Balaban J connectivity index is 2.19. The highest BCUT2D eigenvalue weighted by molar-refractivity contribution is 7.99. The SMILES string of the molecule is CCCN(CCC)C1CSc2cccc(OC(=O)N(C)C)c2C1. The van der Waals surface area contributed by atoms with Gasteiger partial charge in [-0.05, 0) is 44.5 Å². The van der Waals surface area contributed by atoms with E-state index in [1.807, 2.05) is 23.9 Å². The minimum atomic E-state index is -0.315. The van der Waals surface area contributed by atoms with Crippen LogP contribution in [0.2, 0.25) is 0 Å². The molecule has 1 amide bonds. The largest absolute Gasteiger partial charge is 0.414 e. The van der Waals surface area contributed by atoms with Gasteiger partial charge in [0.25, 0.3) is 0 Å². The second kappa shape index (κ2) is 8.60. The summed E-state index contributed by atoms with van der Waals surface area (Å²) in [5.41, 5.74) is 1.18. The van der Waals surface area contributed by atoms with Gasteiger partial charge < -0.3 is 9.64 Å². The molecular weight excluding hydrogens is 308 g/mol. The van der Waals surface area contributed by atoms with Gasteiger partial charge in [-0.25, -0.2) is 4.79 Å². The topological polar surface area (TPSA) is 32.8 Å². The second-order valence-electron chi connectivity index (χ2n) is 6.20. The predicted molar refractivity (Wildman–Crippen MR) is 96.5 cm³/mol. The smallest absolute Gasteiger partial charge is 0.410 e. The minimum Gasteiger partial charge on any atom is -0.410 e. The van der Waals surface area contributed by atoms with Crippen LogP contribution < -0.4 is 4.74 Å². The Labute approximate surface area is 144 Å². The zero-order chi connectivity index (χ0) is 16.8. The second-order valence-corrected chi connectivity index (χ2v) is 7.26. The van der Waals surface area contributed by atoms with Crippen LogP contribution in [0.25, 0.3) is 0 Å². The molecule has 128 valence electrons. The molecule has 0 saturated heterocycles. The van der Waals surface area contributed by atoms with Gasteiger partial charge in [0.1, 0.15) is 5.75 Å². The van der Waals surface area contributed by atoms with Crippen molar-refractivity contribution in [2.24, 2.45) is 0 Å². The Morgan fingerprint density at radius 3 is 2.57 bits per heavy atom. The van der Waals surface area contributed by atoms with Gasteiger partial charge in [0.15, 0.2) is 0 Å². The van der Waals surface area contributed by atoms with Crippen LogP contribution in [-0.2, 0) is 6.42 Å². The van der Waals surface area contributed by atoms with Crippen molar-refractivity contribution < 1.29 is 9.53 Å². The molecule has 1 aliphatic rings. The summed E-state index contributed by atoms with van der Waals surface area (Å²) in [5.74, 6) is 1.82. The van der Waals surface area contributed by atoms with Crippen molar-refractivity contribution in [3.8, 4) is 5.75 Å². The van der Waals surface area contributed by atoms with E-state index in [2.05, 4.69) is 24.8 Å². The lowest BCUT2D eigenvalue weighted by atomic mass is 10.0. The monoisotopic (exact) mass is 336 g/mol. The van der Waals surface area contributed by atoms with Crippen molar-refractivity contribution in [1.82, 2.24) is 9.80 Å². The Hall–Kier alpha value is -1.20. The molecule has 0 radical (unpaired) electrons. The summed E-state index contributed by atoms with van der Waals surface area (Å²) in [6.07, 6.45) is 2.99. The van der Waals surface area contributed by atoms with Crippen LogP contribution >= 0.6 is 11.8 Å². The van der Waals surface area contributed by atoms with Gasteiger partial charge in [0.05, 0.1) is 0 Å². The molecule has 0 saturated carbocycles. The Bertz CT molecular complexity index is 528. The van der Waals surface area contributed by atoms with Crippen molar-refractivity contribution in [1.29, 1.82) is 0 Å². The molecule has 0 fully saturated rings. The number of ether oxygens (including phenoxy) is 1. The van der Waals surface area contributed by atoms with E-state index in [-0.39, 0.29) is 6.09 Å². The first-order chi connectivity index (χ1) is 11.1. The minimum absolute atomic E-state index is 0.315. The molecule has 1 aromatic rings. The molecule has 23 heavy (non-hydrogen) atoms. The van der Waals surface area contributed by atoms with Crippen LogP contribution in [0, 0.1) is 0 Å². The van der Waals surface area contributed by atoms with E-state index in [9.17, 15) is 4.79 Å². The van der Waals surface area contributed by atoms with E-state index in [4.69, 9.17) is 4.74 Å². The molecule has 1 atom stereocenters. The summed E-state index contributed by atoms with van der Waals surface area (Å²) in [5, 5.41) is 0. The van der Waals surface area contributed by atoms with E-state index < -0.39 is 0 Å². The van der Waals surface area contributed by atoms with Crippen molar-refractivity contribution in [3.63, 3.8) is 0 Å². The number of hydrogen-bond acceptors (Lipinski definition) is 4. The lowest BCUT2D eigenvalue weighted by Gasteiger charge is -2.35. The predicted octanol–water partition coefficient (Wildman–Crippen LogP) is 3.89. The third-order valence-corrected chi connectivity index (χ3v) is 5.31. The van der Waals surface area contributed by atoms with E-state index in [1.54, 1.807) is 14.1 Å². The molecule has 0 bridgehead atoms. The van der Waals surface area contributed by atoms with Crippen molar-refractivity contribution in [2.75, 3.05) is 32.9 Å². The molecule has 5 heteroatoms. The average Bonchev–Trinajstić information content (AvgIpc) is 2.54. The average molecular weight is 337 g/mol. The molecule has 0 aromatic heterocycles. The van der Waals surface area contributed by atoms with E-state index in [0.717, 1.165) is 25.3 Å². The summed E-state index contributed by atoms with van der Waals surface area (Å²) in [7, 11) is 3.42. The zero-order valence-electron chi connectivity index (χ0n) is 14.7. The Kier molecular flexibility index (Phi) is 6.78. The Morgan fingerprint density at radius 2 is 1.96 bits per heavy atom. The first kappa shape index (κ1) is 18.1. The molecule has 1 aliphatic heterocycles. The van der Waals surface area contributed by atoms with Crippen LogP contribution in [0.15, 0.2) is 23.1 Å². The molecule has 0 aliphatic carbocycles. The van der Waals surface area contributed by atoms with Gasteiger partial charge in [0, 0.05) is 36.3 Å². The standard InChI is InChI=1S/C18H28N2O2S/c1-5-10-20(11-6-2)14-12-15-16(22-18(21)19(3)4)8-7-9-17(15)23-13-14/h7-9,14H,5-6,10-13H2,1-4H3. The maximum absolute atomic E-state index is 11.9. The van der Waals surface area contributed by atoms with Crippen LogP contribution in [0.3, 0.4) is 0 Å². The fourth-order valence-corrected chi connectivity index (χ4v) is 4.16. The molecule has 4 nitrogen and oxygen atoms in total.